The van der Waals surface area contributed by atoms with Gasteiger partial charge in [0, 0.05) is 24.8 Å². The van der Waals surface area contributed by atoms with Gasteiger partial charge in [0.05, 0.1) is 6.20 Å². The minimum absolute atomic E-state index is 0.989. The zero-order chi connectivity index (χ0) is 12.5. The maximum atomic E-state index is 4.34. The van der Waals surface area contributed by atoms with Crippen molar-refractivity contribution in [3.63, 3.8) is 0 Å². The minimum atomic E-state index is 0.989. The largest absolute Gasteiger partial charge is 0.313 e. The molecule has 0 fully saturated rings. The third kappa shape index (κ3) is 5.18. The van der Waals surface area contributed by atoms with Crippen LogP contribution in [-0.4, -0.2) is 22.9 Å². The Morgan fingerprint density at radius 3 is 2.82 bits per heavy atom. The van der Waals surface area contributed by atoms with Crippen LogP contribution in [0.15, 0.2) is 18.0 Å². The van der Waals surface area contributed by atoms with E-state index in [1.54, 1.807) is 0 Å². The van der Waals surface area contributed by atoms with Gasteiger partial charge in [0.25, 0.3) is 0 Å². The summed E-state index contributed by atoms with van der Waals surface area (Å²) in [5, 5.41) is 7.78. The monoisotopic (exact) mass is 235 g/mol. The Labute approximate surface area is 105 Å². The third-order valence-corrected chi connectivity index (χ3v) is 2.71. The Morgan fingerprint density at radius 1 is 1.35 bits per heavy atom. The van der Waals surface area contributed by atoms with Gasteiger partial charge < -0.3 is 5.32 Å². The molecule has 3 heteroatoms. The van der Waals surface area contributed by atoms with E-state index in [9.17, 15) is 0 Å². The smallest absolute Gasteiger partial charge is 0.0562 e. The van der Waals surface area contributed by atoms with Gasteiger partial charge in [-0.3, -0.25) is 4.68 Å². The van der Waals surface area contributed by atoms with Crippen molar-refractivity contribution in [2.75, 3.05) is 13.1 Å². The zero-order valence-electron chi connectivity index (χ0n) is 11.4. The second-order valence-electron chi connectivity index (χ2n) is 4.37. The van der Waals surface area contributed by atoms with Crippen molar-refractivity contribution in [3.05, 3.63) is 23.5 Å². The first-order valence-corrected chi connectivity index (χ1v) is 6.72. The van der Waals surface area contributed by atoms with E-state index in [4.69, 9.17) is 0 Å². The summed E-state index contributed by atoms with van der Waals surface area (Å²) in [5.74, 6) is 0. The van der Waals surface area contributed by atoms with Gasteiger partial charge in [0.1, 0.15) is 0 Å². The first-order valence-electron chi connectivity index (χ1n) is 6.72. The third-order valence-electron chi connectivity index (χ3n) is 2.71. The van der Waals surface area contributed by atoms with Crippen molar-refractivity contribution in [1.29, 1.82) is 0 Å². The first kappa shape index (κ1) is 14.0. The van der Waals surface area contributed by atoms with Gasteiger partial charge in [-0.25, -0.2) is 0 Å². The molecule has 0 aliphatic heterocycles. The molecule has 0 spiro atoms. The fraction of sp³-hybridized carbons (Fsp3) is 0.643. The Morgan fingerprint density at radius 2 is 2.18 bits per heavy atom. The van der Waals surface area contributed by atoms with Crippen LogP contribution >= 0.6 is 0 Å². The molecule has 0 amide bonds. The molecule has 0 unspecified atom stereocenters. The lowest BCUT2D eigenvalue weighted by molar-refractivity contribution is 0.602. The molecule has 0 saturated heterocycles. The summed E-state index contributed by atoms with van der Waals surface area (Å²) in [7, 11) is 0. The molecule has 0 atom stereocenters. The molecule has 17 heavy (non-hydrogen) atoms. The first-order chi connectivity index (χ1) is 8.30. The zero-order valence-corrected chi connectivity index (χ0v) is 11.4. The van der Waals surface area contributed by atoms with Crippen LogP contribution in [0.25, 0.3) is 6.08 Å². The maximum Gasteiger partial charge on any atom is 0.0562 e. The predicted octanol–water partition coefficient (Wildman–Crippen LogP) is 3.09. The van der Waals surface area contributed by atoms with Crippen LogP contribution in [0.1, 0.15) is 45.6 Å². The number of aromatic nitrogens is 2. The van der Waals surface area contributed by atoms with Crippen molar-refractivity contribution in [3.8, 4) is 0 Å². The number of rotatable bonds is 8. The number of hydrogen-bond acceptors (Lipinski definition) is 2. The Balaban J connectivity index is 2.56. The van der Waals surface area contributed by atoms with Gasteiger partial charge in [-0.05, 0) is 25.8 Å². The number of nitrogens with zero attached hydrogens (tertiary/aromatic N) is 2. The van der Waals surface area contributed by atoms with E-state index in [2.05, 4.69) is 43.5 Å². The Kier molecular flexibility index (Phi) is 6.63. The molecule has 0 saturated carbocycles. The molecule has 0 aromatic carbocycles. The molecule has 0 bridgehead atoms. The molecular formula is C14H25N3. The SMILES string of the molecule is CCCNCC(=Cc1cnn(CCC)c1)CC. The van der Waals surface area contributed by atoms with Crippen molar-refractivity contribution < 1.29 is 0 Å². The molecule has 1 aromatic rings. The minimum Gasteiger partial charge on any atom is -0.313 e. The lowest BCUT2D eigenvalue weighted by Gasteiger charge is -2.05. The van der Waals surface area contributed by atoms with E-state index >= 15 is 0 Å². The highest BCUT2D eigenvalue weighted by atomic mass is 15.3. The van der Waals surface area contributed by atoms with Crippen LogP contribution in [0.5, 0.6) is 0 Å². The highest BCUT2D eigenvalue weighted by molar-refractivity contribution is 5.51. The highest BCUT2D eigenvalue weighted by Crippen LogP contribution is 2.08. The molecule has 0 aliphatic rings. The van der Waals surface area contributed by atoms with Crippen molar-refractivity contribution in [1.82, 2.24) is 15.1 Å². The highest BCUT2D eigenvalue weighted by Gasteiger charge is 1.98. The second kappa shape index (κ2) is 8.07. The molecule has 96 valence electrons. The summed E-state index contributed by atoms with van der Waals surface area (Å²) in [6.45, 7) is 9.65. The van der Waals surface area contributed by atoms with E-state index in [0.29, 0.717) is 0 Å². The topological polar surface area (TPSA) is 29.9 Å². The fourth-order valence-corrected chi connectivity index (χ4v) is 1.75. The van der Waals surface area contributed by atoms with Gasteiger partial charge in [0.2, 0.25) is 0 Å². The number of aryl methyl sites for hydroxylation is 1. The summed E-state index contributed by atoms with van der Waals surface area (Å²) in [4.78, 5) is 0. The molecule has 1 N–H and O–H groups in total. The standard InChI is InChI=1S/C14H25N3/c1-4-7-15-10-13(6-3)9-14-11-16-17(12-14)8-5-2/h9,11-12,15H,4-8,10H2,1-3H3. The van der Waals surface area contributed by atoms with Crippen molar-refractivity contribution in [2.45, 2.75) is 46.6 Å². The van der Waals surface area contributed by atoms with Crippen molar-refractivity contribution in [2.24, 2.45) is 0 Å². The molecule has 0 aliphatic carbocycles. The maximum absolute atomic E-state index is 4.34. The summed E-state index contributed by atoms with van der Waals surface area (Å²) in [5.41, 5.74) is 2.66. The van der Waals surface area contributed by atoms with Crippen LogP contribution in [0, 0.1) is 0 Å². The average molecular weight is 235 g/mol. The van der Waals surface area contributed by atoms with Crippen LogP contribution in [0.3, 0.4) is 0 Å². The van der Waals surface area contributed by atoms with Gasteiger partial charge in [-0.2, -0.15) is 5.10 Å². The molecule has 0 radical (unpaired) electrons. The Bertz CT molecular complexity index is 339. The van der Waals surface area contributed by atoms with Gasteiger partial charge >= 0.3 is 0 Å². The lowest BCUT2D eigenvalue weighted by atomic mass is 10.1. The second-order valence-corrected chi connectivity index (χ2v) is 4.37. The molecule has 1 aromatic heterocycles. The average Bonchev–Trinajstić information content (AvgIpc) is 2.76. The molecular weight excluding hydrogens is 210 g/mol. The van der Waals surface area contributed by atoms with Gasteiger partial charge in [0.15, 0.2) is 0 Å². The van der Waals surface area contributed by atoms with E-state index < -0.39 is 0 Å². The lowest BCUT2D eigenvalue weighted by Crippen LogP contribution is -2.17. The molecule has 1 rings (SSSR count). The Hall–Kier alpha value is -1.09. The quantitative estimate of drug-likeness (QED) is 0.702. The van der Waals surface area contributed by atoms with Crippen LogP contribution in [0.2, 0.25) is 0 Å². The van der Waals surface area contributed by atoms with Crippen LogP contribution in [-0.2, 0) is 6.54 Å². The van der Waals surface area contributed by atoms with Crippen LogP contribution in [0.4, 0.5) is 0 Å². The number of nitrogens with one attached hydrogen (secondary N) is 1. The van der Waals surface area contributed by atoms with Crippen molar-refractivity contribution >= 4 is 6.08 Å². The molecule has 3 nitrogen and oxygen atoms in total. The van der Waals surface area contributed by atoms with E-state index in [0.717, 1.165) is 32.5 Å². The fourth-order valence-electron chi connectivity index (χ4n) is 1.75. The molecule has 1 heterocycles. The summed E-state index contributed by atoms with van der Waals surface area (Å²) >= 11 is 0. The number of hydrogen-bond donors (Lipinski definition) is 1. The predicted molar refractivity (Wildman–Crippen MR) is 73.9 cm³/mol. The van der Waals surface area contributed by atoms with E-state index in [1.165, 1.54) is 17.6 Å². The summed E-state index contributed by atoms with van der Waals surface area (Å²) in [6, 6.07) is 0. The van der Waals surface area contributed by atoms with E-state index in [1.807, 2.05) is 10.9 Å². The summed E-state index contributed by atoms with van der Waals surface area (Å²) in [6.07, 6.45) is 9.73. The van der Waals surface area contributed by atoms with Gasteiger partial charge in [-0.15, -0.1) is 0 Å². The normalized spacial score (nSPS) is 12.1. The van der Waals surface area contributed by atoms with E-state index in [-0.39, 0.29) is 0 Å². The van der Waals surface area contributed by atoms with Crippen LogP contribution < -0.4 is 5.32 Å². The van der Waals surface area contributed by atoms with Gasteiger partial charge in [-0.1, -0.05) is 32.4 Å². The summed E-state index contributed by atoms with van der Waals surface area (Å²) < 4.78 is 2.01.